The average molecular weight is 281 g/mol. The van der Waals surface area contributed by atoms with E-state index in [4.69, 9.17) is 0 Å². The summed E-state index contributed by atoms with van der Waals surface area (Å²) in [6, 6.07) is 4.29. The first-order valence-electron chi connectivity index (χ1n) is 7.73. The van der Waals surface area contributed by atoms with Gasteiger partial charge >= 0.3 is 0 Å². The first-order valence-corrected chi connectivity index (χ1v) is 7.73. The van der Waals surface area contributed by atoms with Gasteiger partial charge in [0.05, 0.1) is 0 Å². The molecule has 0 amide bonds. The summed E-state index contributed by atoms with van der Waals surface area (Å²) in [5.74, 6) is -0.843. The van der Waals surface area contributed by atoms with E-state index < -0.39 is 11.6 Å². The van der Waals surface area contributed by atoms with Crippen molar-refractivity contribution in [2.24, 2.45) is 5.41 Å². The second-order valence-corrected chi connectivity index (χ2v) is 6.27. The van der Waals surface area contributed by atoms with E-state index in [0.717, 1.165) is 25.8 Å². The number of hydrogen-bond acceptors (Lipinski definition) is 1. The van der Waals surface area contributed by atoms with E-state index in [1.807, 2.05) is 0 Å². The van der Waals surface area contributed by atoms with Crippen LogP contribution >= 0.6 is 0 Å². The number of rotatable bonds is 6. The molecule has 1 aliphatic rings. The third-order valence-electron chi connectivity index (χ3n) is 4.70. The molecule has 0 saturated heterocycles. The molecule has 0 spiro atoms. The van der Waals surface area contributed by atoms with E-state index >= 15 is 0 Å². The maximum absolute atomic E-state index is 13.9. The van der Waals surface area contributed by atoms with Crippen molar-refractivity contribution in [2.45, 2.75) is 58.4 Å². The highest BCUT2D eigenvalue weighted by atomic mass is 19.1. The molecule has 0 bridgehead atoms. The summed E-state index contributed by atoms with van der Waals surface area (Å²) in [6.45, 7) is 5.27. The minimum absolute atomic E-state index is 0.149. The standard InChI is InChI=1S/C17H25F2N/c1-3-11-20-16(17(2)9-4-5-10-17)12-13-14(18)7-6-8-15(13)19/h6-8,16,20H,3-5,9-12H2,1-2H3. The van der Waals surface area contributed by atoms with Gasteiger partial charge in [-0.15, -0.1) is 0 Å². The van der Waals surface area contributed by atoms with Crippen molar-refractivity contribution in [3.8, 4) is 0 Å². The maximum atomic E-state index is 13.9. The van der Waals surface area contributed by atoms with Crippen LogP contribution in [0.1, 0.15) is 51.5 Å². The fourth-order valence-corrected chi connectivity index (χ4v) is 3.35. The molecule has 1 atom stereocenters. The van der Waals surface area contributed by atoms with Crippen LogP contribution in [-0.4, -0.2) is 12.6 Å². The van der Waals surface area contributed by atoms with Crippen LogP contribution in [0.2, 0.25) is 0 Å². The molecule has 3 heteroatoms. The Morgan fingerprint density at radius 2 is 1.80 bits per heavy atom. The highest BCUT2D eigenvalue weighted by molar-refractivity contribution is 5.21. The Morgan fingerprint density at radius 1 is 1.20 bits per heavy atom. The van der Waals surface area contributed by atoms with Crippen LogP contribution in [0, 0.1) is 17.0 Å². The predicted octanol–water partition coefficient (Wildman–Crippen LogP) is 4.46. The SMILES string of the molecule is CCCNC(Cc1c(F)cccc1F)C1(C)CCCC1. The largest absolute Gasteiger partial charge is 0.313 e. The topological polar surface area (TPSA) is 12.0 Å². The van der Waals surface area contributed by atoms with Gasteiger partial charge in [-0.2, -0.15) is 0 Å². The summed E-state index contributed by atoms with van der Waals surface area (Å²) >= 11 is 0. The molecule has 1 aliphatic carbocycles. The maximum Gasteiger partial charge on any atom is 0.129 e. The van der Waals surface area contributed by atoms with Crippen molar-refractivity contribution >= 4 is 0 Å². The molecule has 1 unspecified atom stereocenters. The smallest absolute Gasteiger partial charge is 0.129 e. The van der Waals surface area contributed by atoms with Crippen molar-refractivity contribution in [1.82, 2.24) is 5.32 Å². The molecule has 1 saturated carbocycles. The van der Waals surface area contributed by atoms with Gasteiger partial charge in [-0.05, 0) is 49.8 Å². The molecule has 1 nitrogen and oxygen atoms in total. The molecular weight excluding hydrogens is 256 g/mol. The van der Waals surface area contributed by atoms with Crippen molar-refractivity contribution < 1.29 is 8.78 Å². The first-order chi connectivity index (χ1) is 9.57. The number of benzene rings is 1. The van der Waals surface area contributed by atoms with Gasteiger partial charge in [-0.3, -0.25) is 0 Å². The van der Waals surface area contributed by atoms with Gasteiger partial charge in [-0.25, -0.2) is 8.78 Å². The van der Waals surface area contributed by atoms with Gasteiger partial charge in [0.15, 0.2) is 0 Å². The molecule has 1 aromatic rings. The zero-order valence-electron chi connectivity index (χ0n) is 12.5. The highest BCUT2D eigenvalue weighted by Crippen LogP contribution is 2.41. The Balaban J connectivity index is 2.19. The van der Waals surface area contributed by atoms with Crippen LogP contribution in [0.25, 0.3) is 0 Å². The molecular formula is C17H25F2N. The lowest BCUT2D eigenvalue weighted by Gasteiger charge is -2.35. The van der Waals surface area contributed by atoms with E-state index in [1.165, 1.54) is 31.0 Å². The van der Waals surface area contributed by atoms with Crippen LogP contribution in [0.3, 0.4) is 0 Å². The fraction of sp³-hybridized carbons (Fsp3) is 0.647. The van der Waals surface area contributed by atoms with Gasteiger partial charge < -0.3 is 5.32 Å². The predicted molar refractivity (Wildman–Crippen MR) is 78.7 cm³/mol. The molecule has 112 valence electrons. The van der Waals surface area contributed by atoms with Crippen LogP contribution in [0.15, 0.2) is 18.2 Å². The van der Waals surface area contributed by atoms with Crippen LogP contribution in [-0.2, 0) is 6.42 Å². The van der Waals surface area contributed by atoms with Crippen molar-refractivity contribution in [3.05, 3.63) is 35.4 Å². The molecule has 0 aromatic heterocycles. The minimum atomic E-state index is -0.421. The quantitative estimate of drug-likeness (QED) is 0.812. The van der Waals surface area contributed by atoms with E-state index in [9.17, 15) is 8.78 Å². The molecule has 20 heavy (non-hydrogen) atoms. The zero-order valence-corrected chi connectivity index (χ0v) is 12.5. The monoisotopic (exact) mass is 281 g/mol. The van der Waals surface area contributed by atoms with Gasteiger partial charge in [0.2, 0.25) is 0 Å². The lowest BCUT2D eigenvalue weighted by molar-refractivity contribution is 0.217. The summed E-state index contributed by atoms with van der Waals surface area (Å²) in [7, 11) is 0. The first kappa shape index (κ1) is 15.4. The average Bonchev–Trinajstić information content (AvgIpc) is 2.85. The van der Waals surface area contributed by atoms with Crippen molar-refractivity contribution in [3.63, 3.8) is 0 Å². The minimum Gasteiger partial charge on any atom is -0.313 e. The Kier molecular flexibility index (Phi) is 5.14. The molecule has 1 N–H and O–H groups in total. The van der Waals surface area contributed by atoms with E-state index in [1.54, 1.807) is 0 Å². The van der Waals surface area contributed by atoms with E-state index in [0.29, 0.717) is 6.42 Å². The molecule has 0 radical (unpaired) electrons. The normalized spacial score (nSPS) is 19.2. The van der Waals surface area contributed by atoms with Gasteiger partial charge in [0.1, 0.15) is 11.6 Å². The number of halogens is 2. The Hall–Kier alpha value is -0.960. The van der Waals surface area contributed by atoms with Crippen LogP contribution < -0.4 is 5.32 Å². The fourth-order valence-electron chi connectivity index (χ4n) is 3.35. The zero-order chi connectivity index (χ0) is 14.6. The molecule has 1 aromatic carbocycles. The third kappa shape index (κ3) is 3.38. The molecule has 0 aliphatic heterocycles. The van der Waals surface area contributed by atoms with E-state index in [2.05, 4.69) is 19.2 Å². The highest BCUT2D eigenvalue weighted by Gasteiger charge is 2.37. The summed E-state index contributed by atoms with van der Waals surface area (Å²) in [5.41, 5.74) is 0.387. The van der Waals surface area contributed by atoms with Gasteiger partial charge in [0.25, 0.3) is 0 Å². The lowest BCUT2D eigenvalue weighted by atomic mass is 9.77. The number of nitrogens with one attached hydrogen (secondary N) is 1. The van der Waals surface area contributed by atoms with Gasteiger partial charge in [-0.1, -0.05) is 32.8 Å². The lowest BCUT2D eigenvalue weighted by Crippen LogP contribution is -2.44. The van der Waals surface area contributed by atoms with Crippen LogP contribution in [0.4, 0.5) is 8.78 Å². The summed E-state index contributed by atoms with van der Waals surface area (Å²) < 4.78 is 27.8. The van der Waals surface area contributed by atoms with Crippen molar-refractivity contribution in [1.29, 1.82) is 0 Å². The summed E-state index contributed by atoms with van der Waals surface area (Å²) in [6.07, 6.45) is 6.21. The third-order valence-corrected chi connectivity index (χ3v) is 4.70. The van der Waals surface area contributed by atoms with Crippen molar-refractivity contribution in [2.75, 3.05) is 6.54 Å². The number of hydrogen-bond donors (Lipinski definition) is 1. The van der Waals surface area contributed by atoms with E-state index in [-0.39, 0.29) is 17.0 Å². The molecule has 1 fully saturated rings. The Morgan fingerprint density at radius 3 is 2.35 bits per heavy atom. The summed E-state index contributed by atoms with van der Waals surface area (Å²) in [4.78, 5) is 0. The Bertz CT molecular complexity index is 418. The van der Waals surface area contributed by atoms with Crippen LogP contribution in [0.5, 0.6) is 0 Å². The second kappa shape index (κ2) is 6.66. The summed E-state index contributed by atoms with van der Waals surface area (Å²) in [5, 5.41) is 3.52. The molecule has 2 rings (SSSR count). The van der Waals surface area contributed by atoms with Gasteiger partial charge in [0, 0.05) is 11.6 Å². The molecule has 0 heterocycles. The Labute approximate surface area is 120 Å². The second-order valence-electron chi connectivity index (χ2n) is 6.27.